The average Bonchev–Trinajstić information content (AvgIpc) is 2.16. The zero-order chi connectivity index (χ0) is 10.7. The topological polar surface area (TPSA) is 87.1 Å². The molecule has 0 saturated heterocycles. The van der Waals surface area contributed by atoms with Crippen LogP contribution in [-0.4, -0.2) is 11.1 Å². The SMILES string of the molecule is N#Cc1cc(F)c(CN)c(C(=O)O)c1. The first-order valence-electron chi connectivity index (χ1n) is 3.76. The van der Waals surface area contributed by atoms with Crippen molar-refractivity contribution in [1.29, 1.82) is 5.26 Å². The summed E-state index contributed by atoms with van der Waals surface area (Å²) in [5.41, 5.74) is 4.82. The quantitative estimate of drug-likeness (QED) is 0.730. The summed E-state index contributed by atoms with van der Waals surface area (Å²) in [6.45, 7) is -0.209. The maximum absolute atomic E-state index is 13.2. The molecule has 0 aromatic heterocycles. The molecule has 0 aliphatic rings. The van der Waals surface area contributed by atoms with Crippen molar-refractivity contribution < 1.29 is 14.3 Å². The number of hydrogen-bond acceptors (Lipinski definition) is 3. The van der Waals surface area contributed by atoms with Gasteiger partial charge in [-0.05, 0) is 12.1 Å². The molecule has 14 heavy (non-hydrogen) atoms. The van der Waals surface area contributed by atoms with E-state index >= 15 is 0 Å². The zero-order valence-corrected chi connectivity index (χ0v) is 7.12. The second kappa shape index (κ2) is 3.85. The minimum Gasteiger partial charge on any atom is -0.478 e. The molecule has 0 radical (unpaired) electrons. The lowest BCUT2D eigenvalue weighted by Gasteiger charge is -2.04. The Morgan fingerprint density at radius 1 is 1.64 bits per heavy atom. The van der Waals surface area contributed by atoms with E-state index in [0.717, 1.165) is 12.1 Å². The lowest BCUT2D eigenvalue weighted by atomic mass is 10.0. The van der Waals surface area contributed by atoms with Crippen LogP contribution in [0, 0.1) is 17.1 Å². The molecule has 0 fully saturated rings. The zero-order valence-electron chi connectivity index (χ0n) is 7.12. The standard InChI is InChI=1S/C9H7FN2O2/c10-8-2-5(3-11)1-6(9(13)14)7(8)4-12/h1-2H,4,12H2,(H,13,14). The lowest BCUT2D eigenvalue weighted by Crippen LogP contribution is -2.10. The number of carboxylic acid groups (broad SMARTS) is 1. The van der Waals surface area contributed by atoms with E-state index < -0.39 is 11.8 Å². The number of hydrogen-bond donors (Lipinski definition) is 2. The summed E-state index contributed by atoms with van der Waals surface area (Å²) in [5, 5.41) is 17.2. The second-order valence-electron chi connectivity index (χ2n) is 2.61. The Bertz CT molecular complexity index is 424. The molecule has 0 atom stereocenters. The summed E-state index contributed by atoms with van der Waals surface area (Å²) in [6.07, 6.45) is 0. The van der Waals surface area contributed by atoms with Crippen LogP contribution in [0.4, 0.5) is 4.39 Å². The highest BCUT2D eigenvalue weighted by Gasteiger charge is 2.14. The van der Waals surface area contributed by atoms with Crippen molar-refractivity contribution >= 4 is 5.97 Å². The van der Waals surface area contributed by atoms with Crippen LogP contribution in [0.1, 0.15) is 21.5 Å². The molecule has 0 aliphatic heterocycles. The number of nitrogens with zero attached hydrogens (tertiary/aromatic N) is 1. The molecular formula is C9H7FN2O2. The summed E-state index contributed by atoms with van der Waals surface area (Å²) in [6, 6.07) is 3.74. The van der Waals surface area contributed by atoms with Crippen molar-refractivity contribution in [2.45, 2.75) is 6.54 Å². The molecule has 1 aromatic rings. The molecule has 72 valence electrons. The third-order valence-electron chi connectivity index (χ3n) is 1.76. The maximum Gasteiger partial charge on any atom is 0.336 e. The first-order valence-corrected chi connectivity index (χ1v) is 3.76. The van der Waals surface area contributed by atoms with Gasteiger partial charge in [-0.25, -0.2) is 9.18 Å². The molecule has 0 heterocycles. The predicted molar refractivity (Wildman–Crippen MR) is 46.0 cm³/mol. The molecule has 0 saturated carbocycles. The van der Waals surface area contributed by atoms with Crippen LogP contribution in [0.2, 0.25) is 0 Å². The summed E-state index contributed by atoms with van der Waals surface area (Å²) < 4.78 is 13.2. The Morgan fingerprint density at radius 3 is 2.71 bits per heavy atom. The van der Waals surface area contributed by atoms with Gasteiger partial charge in [0.05, 0.1) is 17.2 Å². The van der Waals surface area contributed by atoms with E-state index in [1.54, 1.807) is 6.07 Å². The van der Waals surface area contributed by atoms with Crippen LogP contribution in [0.25, 0.3) is 0 Å². The summed E-state index contributed by atoms with van der Waals surface area (Å²) in [4.78, 5) is 10.7. The predicted octanol–water partition coefficient (Wildman–Crippen LogP) is 0.854. The van der Waals surface area contributed by atoms with Crippen molar-refractivity contribution in [3.05, 3.63) is 34.6 Å². The van der Waals surface area contributed by atoms with Crippen LogP contribution in [-0.2, 0) is 6.54 Å². The molecule has 4 nitrogen and oxygen atoms in total. The van der Waals surface area contributed by atoms with E-state index in [1.807, 2.05) is 0 Å². The molecule has 1 rings (SSSR count). The van der Waals surface area contributed by atoms with Crippen molar-refractivity contribution in [2.75, 3.05) is 0 Å². The molecule has 3 N–H and O–H groups in total. The van der Waals surface area contributed by atoms with Gasteiger partial charge in [0.2, 0.25) is 0 Å². The molecule has 0 bridgehead atoms. The van der Waals surface area contributed by atoms with E-state index in [2.05, 4.69) is 0 Å². The number of nitrogens with two attached hydrogens (primary N) is 1. The van der Waals surface area contributed by atoms with Gasteiger partial charge >= 0.3 is 5.97 Å². The molecule has 0 aliphatic carbocycles. The Hall–Kier alpha value is -1.93. The van der Waals surface area contributed by atoms with E-state index in [-0.39, 0.29) is 23.2 Å². The largest absolute Gasteiger partial charge is 0.478 e. The van der Waals surface area contributed by atoms with Gasteiger partial charge in [-0.1, -0.05) is 0 Å². The highest BCUT2D eigenvalue weighted by molar-refractivity contribution is 5.90. The third-order valence-corrected chi connectivity index (χ3v) is 1.76. The van der Waals surface area contributed by atoms with E-state index in [1.165, 1.54) is 0 Å². The summed E-state index contributed by atoms with van der Waals surface area (Å²) in [5.74, 6) is -2.05. The van der Waals surface area contributed by atoms with E-state index in [9.17, 15) is 9.18 Å². The number of carboxylic acids is 1. The van der Waals surface area contributed by atoms with Gasteiger partial charge in [0, 0.05) is 12.1 Å². The van der Waals surface area contributed by atoms with Gasteiger partial charge in [0.1, 0.15) is 5.82 Å². The van der Waals surface area contributed by atoms with Crippen LogP contribution >= 0.6 is 0 Å². The fourth-order valence-electron chi connectivity index (χ4n) is 1.10. The molecule has 0 unspecified atom stereocenters. The average molecular weight is 194 g/mol. The van der Waals surface area contributed by atoms with Gasteiger partial charge in [0.25, 0.3) is 0 Å². The van der Waals surface area contributed by atoms with Crippen molar-refractivity contribution in [3.63, 3.8) is 0 Å². The highest BCUT2D eigenvalue weighted by atomic mass is 19.1. The first kappa shape index (κ1) is 10.2. The van der Waals surface area contributed by atoms with Gasteiger partial charge < -0.3 is 10.8 Å². The van der Waals surface area contributed by atoms with Crippen LogP contribution in [0.15, 0.2) is 12.1 Å². The fourth-order valence-corrected chi connectivity index (χ4v) is 1.10. The Morgan fingerprint density at radius 2 is 2.29 bits per heavy atom. The summed E-state index contributed by atoms with van der Waals surface area (Å²) in [7, 11) is 0. The molecular weight excluding hydrogens is 187 g/mol. The lowest BCUT2D eigenvalue weighted by molar-refractivity contribution is 0.0695. The Labute approximate surface area is 79.4 Å². The smallest absolute Gasteiger partial charge is 0.336 e. The first-order chi connectivity index (χ1) is 6.60. The number of rotatable bonds is 2. The van der Waals surface area contributed by atoms with Gasteiger partial charge in [-0.2, -0.15) is 5.26 Å². The number of nitriles is 1. The van der Waals surface area contributed by atoms with E-state index in [0.29, 0.717) is 0 Å². The Balaban J connectivity index is 3.45. The minimum absolute atomic E-state index is 0.0305. The maximum atomic E-state index is 13.2. The fraction of sp³-hybridized carbons (Fsp3) is 0.111. The normalized spacial score (nSPS) is 9.50. The highest BCUT2D eigenvalue weighted by Crippen LogP contribution is 2.15. The van der Waals surface area contributed by atoms with Crippen molar-refractivity contribution in [3.8, 4) is 6.07 Å². The Kier molecular flexibility index (Phi) is 2.79. The number of benzene rings is 1. The second-order valence-corrected chi connectivity index (χ2v) is 2.61. The molecule has 0 amide bonds. The van der Waals surface area contributed by atoms with E-state index in [4.69, 9.17) is 16.1 Å². The van der Waals surface area contributed by atoms with Gasteiger partial charge in [-0.15, -0.1) is 0 Å². The number of carbonyl (C=O) groups is 1. The third kappa shape index (κ3) is 1.70. The van der Waals surface area contributed by atoms with Crippen molar-refractivity contribution in [2.24, 2.45) is 5.73 Å². The van der Waals surface area contributed by atoms with Crippen LogP contribution in [0.5, 0.6) is 0 Å². The number of aromatic carboxylic acids is 1. The van der Waals surface area contributed by atoms with Crippen molar-refractivity contribution in [1.82, 2.24) is 0 Å². The minimum atomic E-state index is -1.29. The monoisotopic (exact) mass is 194 g/mol. The molecule has 1 aromatic carbocycles. The van der Waals surface area contributed by atoms with Crippen LogP contribution < -0.4 is 5.73 Å². The summed E-state index contributed by atoms with van der Waals surface area (Å²) >= 11 is 0. The molecule has 0 spiro atoms. The number of halogens is 1. The van der Waals surface area contributed by atoms with Gasteiger partial charge in [-0.3, -0.25) is 0 Å². The van der Waals surface area contributed by atoms with Crippen LogP contribution in [0.3, 0.4) is 0 Å². The van der Waals surface area contributed by atoms with Gasteiger partial charge in [0.15, 0.2) is 0 Å². The molecule has 5 heteroatoms.